The fraction of sp³-hybridized carbons (Fsp3) is 0.385. The van der Waals surface area contributed by atoms with Crippen LogP contribution in [0.15, 0.2) is 18.5 Å². The van der Waals surface area contributed by atoms with Crippen LogP contribution in [0.4, 0.5) is 10.2 Å². The Morgan fingerprint density at radius 2 is 2.00 bits per heavy atom. The zero-order valence-electron chi connectivity index (χ0n) is 12.0. The number of nitrogens with zero attached hydrogens (tertiary/aromatic N) is 3. The second kappa shape index (κ2) is 6.16. The van der Waals surface area contributed by atoms with Crippen molar-refractivity contribution >= 4 is 38.5 Å². The minimum atomic E-state index is -3.72. The molecule has 10 heteroatoms. The first-order chi connectivity index (χ1) is 10.8. The van der Waals surface area contributed by atoms with Crippen LogP contribution in [0.2, 0.25) is 5.02 Å². The van der Waals surface area contributed by atoms with Crippen LogP contribution in [-0.4, -0.2) is 37.5 Å². The lowest BCUT2D eigenvalue weighted by Crippen LogP contribution is -2.46. The lowest BCUT2D eigenvalue weighted by atomic mass is 10.1. The van der Waals surface area contributed by atoms with Crippen LogP contribution < -0.4 is 14.8 Å². The smallest absolute Gasteiger partial charge is 0.274 e. The predicted molar refractivity (Wildman–Crippen MR) is 86.0 cm³/mol. The van der Waals surface area contributed by atoms with E-state index in [0.717, 1.165) is 0 Å². The second-order valence-electron chi connectivity index (χ2n) is 5.40. The SMILES string of the molecule is NS(=O)(=O)NC1CCN(c2ncnc3cc(Cl)cc(F)c23)CC1. The highest BCUT2D eigenvalue weighted by molar-refractivity contribution is 7.87. The summed E-state index contributed by atoms with van der Waals surface area (Å²) in [5, 5.41) is 5.57. The van der Waals surface area contributed by atoms with Gasteiger partial charge in [0.1, 0.15) is 18.0 Å². The van der Waals surface area contributed by atoms with Crippen molar-refractivity contribution in [3.05, 3.63) is 29.3 Å². The van der Waals surface area contributed by atoms with Gasteiger partial charge in [-0.05, 0) is 25.0 Å². The minimum Gasteiger partial charge on any atom is -0.356 e. The molecule has 0 amide bonds. The Kier molecular flexibility index (Phi) is 4.37. The molecule has 0 bridgehead atoms. The van der Waals surface area contributed by atoms with Gasteiger partial charge in [-0.1, -0.05) is 11.6 Å². The van der Waals surface area contributed by atoms with Crippen molar-refractivity contribution in [2.45, 2.75) is 18.9 Å². The Hall–Kier alpha value is -1.55. The Morgan fingerprint density at radius 3 is 2.65 bits per heavy atom. The maximum Gasteiger partial charge on any atom is 0.274 e. The first kappa shape index (κ1) is 16.3. The van der Waals surface area contributed by atoms with Crippen molar-refractivity contribution in [2.24, 2.45) is 5.14 Å². The molecule has 1 aliphatic heterocycles. The topological polar surface area (TPSA) is 101 Å². The van der Waals surface area contributed by atoms with Crippen molar-refractivity contribution < 1.29 is 12.8 Å². The third-order valence-corrected chi connectivity index (χ3v) is 4.64. The number of anilines is 1. The van der Waals surface area contributed by atoms with Gasteiger partial charge >= 0.3 is 0 Å². The van der Waals surface area contributed by atoms with Gasteiger partial charge in [0.15, 0.2) is 0 Å². The van der Waals surface area contributed by atoms with Gasteiger partial charge in [0.05, 0.1) is 10.9 Å². The van der Waals surface area contributed by atoms with Crippen LogP contribution in [0.3, 0.4) is 0 Å². The molecule has 3 N–H and O–H groups in total. The largest absolute Gasteiger partial charge is 0.356 e. The lowest BCUT2D eigenvalue weighted by Gasteiger charge is -2.33. The summed E-state index contributed by atoms with van der Waals surface area (Å²) < 4.78 is 38.8. The molecule has 124 valence electrons. The van der Waals surface area contributed by atoms with Crippen LogP contribution in [0, 0.1) is 5.82 Å². The van der Waals surface area contributed by atoms with Gasteiger partial charge in [-0.15, -0.1) is 0 Å². The summed E-state index contributed by atoms with van der Waals surface area (Å²) >= 11 is 5.85. The Balaban J connectivity index is 1.85. The standard InChI is InChI=1S/C13H15ClFN5O2S/c14-8-5-10(15)12-11(6-8)17-7-18-13(12)20-3-1-9(2-4-20)19-23(16,21)22/h5-7,9,19H,1-4H2,(H2,16,21,22). The van der Waals surface area contributed by atoms with E-state index in [-0.39, 0.29) is 11.1 Å². The van der Waals surface area contributed by atoms with Gasteiger partial charge in [0.25, 0.3) is 10.2 Å². The number of fused-ring (bicyclic) bond motifs is 1. The van der Waals surface area contributed by atoms with E-state index in [1.165, 1.54) is 12.4 Å². The Morgan fingerprint density at radius 1 is 1.30 bits per heavy atom. The van der Waals surface area contributed by atoms with Crippen LogP contribution in [-0.2, 0) is 10.2 Å². The number of benzene rings is 1. The van der Waals surface area contributed by atoms with E-state index in [1.54, 1.807) is 6.07 Å². The fourth-order valence-electron chi connectivity index (χ4n) is 2.77. The van der Waals surface area contributed by atoms with E-state index in [1.807, 2.05) is 4.90 Å². The molecule has 3 rings (SSSR count). The number of halogens is 2. The van der Waals surface area contributed by atoms with Crippen LogP contribution in [0.5, 0.6) is 0 Å². The summed E-state index contributed by atoms with van der Waals surface area (Å²) in [6.45, 7) is 1.06. The van der Waals surface area contributed by atoms with Crippen molar-refractivity contribution in [1.29, 1.82) is 0 Å². The van der Waals surface area contributed by atoms with Crippen molar-refractivity contribution in [3.63, 3.8) is 0 Å². The van der Waals surface area contributed by atoms with Gasteiger partial charge in [0, 0.05) is 24.2 Å². The molecule has 0 radical (unpaired) electrons. The lowest BCUT2D eigenvalue weighted by molar-refractivity contribution is 0.459. The third kappa shape index (κ3) is 3.69. The van der Waals surface area contributed by atoms with Gasteiger partial charge in [-0.25, -0.2) is 19.5 Å². The third-order valence-electron chi connectivity index (χ3n) is 3.76. The molecule has 1 aliphatic rings. The fourth-order valence-corrected chi connectivity index (χ4v) is 3.67. The molecular weight excluding hydrogens is 345 g/mol. The number of piperidine rings is 1. The van der Waals surface area contributed by atoms with Crippen molar-refractivity contribution in [3.8, 4) is 0 Å². The molecule has 0 atom stereocenters. The van der Waals surface area contributed by atoms with E-state index in [9.17, 15) is 12.8 Å². The number of nitrogens with two attached hydrogens (primary N) is 1. The zero-order valence-corrected chi connectivity index (χ0v) is 13.6. The number of hydrogen-bond acceptors (Lipinski definition) is 5. The zero-order chi connectivity index (χ0) is 16.6. The molecule has 23 heavy (non-hydrogen) atoms. The summed E-state index contributed by atoms with van der Waals surface area (Å²) in [7, 11) is -3.72. The number of hydrogen-bond donors (Lipinski definition) is 2. The molecule has 7 nitrogen and oxygen atoms in total. The van der Waals surface area contributed by atoms with E-state index < -0.39 is 16.0 Å². The van der Waals surface area contributed by atoms with Gasteiger partial charge in [-0.2, -0.15) is 13.1 Å². The molecule has 0 spiro atoms. The van der Waals surface area contributed by atoms with Crippen LogP contribution in [0.25, 0.3) is 10.9 Å². The first-order valence-corrected chi connectivity index (χ1v) is 8.90. The molecule has 0 unspecified atom stereocenters. The molecular formula is C13H15ClFN5O2S. The average molecular weight is 360 g/mol. The van der Waals surface area contributed by atoms with Crippen LogP contribution in [0.1, 0.15) is 12.8 Å². The van der Waals surface area contributed by atoms with Crippen molar-refractivity contribution in [2.75, 3.05) is 18.0 Å². The highest BCUT2D eigenvalue weighted by Gasteiger charge is 2.24. The first-order valence-electron chi connectivity index (χ1n) is 6.98. The quantitative estimate of drug-likeness (QED) is 0.857. The van der Waals surface area contributed by atoms with E-state index in [0.29, 0.717) is 42.7 Å². The maximum absolute atomic E-state index is 14.3. The molecule has 0 saturated carbocycles. The summed E-state index contributed by atoms with van der Waals surface area (Å²) in [5.74, 6) is 0.00565. The molecule has 2 aromatic rings. The minimum absolute atomic E-state index is 0.228. The van der Waals surface area contributed by atoms with Gasteiger partial charge < -0.3 is 4.90 Å². The highest BCUT2D eigenvalue weighted by atomic mass is 35.5. The molecule has 1 aromatic heterocycles. The van der Waals surface area contributed by atoms with E-state index in [4.69, 9.17) is 16.7 Å². The number of nitrogens with one attached hydrogen (secondary N) is 1. The monoisotopic (exact) mass is 359 g/mol. The summed E-state index contributed by atoms with van der Waals surface area (Å²) in [6, 6.07) is 2.58. The summed E-state index contributed by atoms with van der Waals surface area (Å²) in [5.41, 5.74) is 0.435. The van der Waals surface area contributed by atoms with Crippen molar-refractivity contribution in [1.82, 2.24) is 14.7 Å². The Labute approximate surface area is 137 Å². The average Bonchev–Trinajstić information content (AvgIpc) is 2.45. The number of rotatable bonds is 3. The summed E-state index contributed by atoms with van der Waals surface area (Å²) in [6.07, 6.45) is 2.47. The van der Waals surface area contributed by atoms with Gasteiger partial charge in [-0.3, -0.25) is 0 Å². The van der Waals surface area contributed by atoms with Gasteiger partial charge in [0.2, 0.25) is 0 Å². The predicted octanol–water partition coefficient (Wildman–Crippen LogP) is 1.18. The van der Waals surface area contributed by atoms with E-state index >= 15 is 0 Å². The molecule has 1 aromatic carbocycles. The molecule has 2 heterocycles. The molecule has 1 saturated heterocycles. The Bertz CT molecular complexity index is 840. The molecule has 1 fully saturated rings. The maximum atomic E-state index is 14.3. The number of aromatic nitrogens is 2. The van der Waals surface area contributed by atoms with E-state index in [2.05, 4.69) is 14.7 Å². The summed E-state index contributed by atoms with van der Waals surface area (Å²) in [4.78, 5) is 10.1. The molecule has 0 aliphatic carbocycles. The second-order valence-corrected chi connectivity index (χ2v) is 7.17. The van der Waals surface area contributed by atoms with Crippen LogP contribution >= 0.6 is 11.6 Å². The highest BCUT2D eigenvalue weighted by Crippen LogP contribution is 2.30. The normalized spacial score (nSPS) is 16.9.